The first-order valence-corrected chi connectivity index (χ1v) is 12.3. The first-order valence-electron chi connectivity index (χ1n) is 11.0. The average Bonchev–Trinajstić information content (AvgIpc) is 3.29. The van der Waals surface area contributed by atoms with Gasteiger partial charge in [-0.2, -0.15) is 0 Å². The molecule has 1 fully saturated rings. The van der Waals surface area contributed by atoms with Crippen LogP contribution in [0.2, 0.25) is 5.02 Å². The van der Waals surface area contributed by atoms with Crippen LogP contribution in [0.5, 0.6) is 11.5 Å². The zero-order valence-corrected chi connectivity index (χ0v) is 20.9. The molecule has 2 amide bonds. The number of hydrogen-bond donors (Lipinski definition) is 1. The van der Waals surface area contributed by atoms with Crippen LogP contribution in [0.15, 0.2) is 53.9 Å². The first kappa shape index (κ1) is 24.1. The summed E-state index contributed by atoms with van der Waals surface area (Å²) < 4.78 is 10.7. The maximum absolute atomic E-state index is 13.4. The molecule has 1 saturated heterocycles. The van der Waals surface area contributed by atoms with Crippen LogP contribution >= 0.6 is 22.9 Å². The van der Waals surface area contributed by atoms with E-state index >= 15 is 0 Å². The predicted molar refractivity (Wildman–Crippen MR) is 135 cm³/mol. The molecule has 0 radical (unpaired) electrons. The lowest BCUT2D eigenvalue weighted by atomic mass is 9.88. The van der Waals surface area contributed by atoms with Gasteiger partial charge in [-0.25, -0.2) is 0 Å². The number of nitrogens with one attached hydrogen (secondary N) is 1. The number of carbonyl (C=O) groups excluding carboxylic acids is 2. The summed E-state index contributed by atoms with van der Waals surface area (Å²) in [5, 5.41) is 5.65. The van der Waals surface area contributed by atoms with E-state index in [2.05, 4.69) is 18.3 Å². The Morgan fingerprint density at radius 1 is 1.09 bits per heavy atom. The Morgan fingerprint density at radius 3 is 2.53 bits per heavy atom. The molecule has 1 aliphatic rings. The number of benzene rings is 2. The van der Waals surface area contributed by atoms with Crippen molar-refractivity contribution in [2.45, 2.75) is 25.3 Å². The van der Waals surface area contributed by atoms with Crippen molar-refractivity contribution in [1.82, 2.24) is 10.2 Å². The zero-order valence-electron chi connectivity index (χ0n) is 19.3. The molecule has 6 nitrogen and oxygen atoms in total. The van der Waals surface area contributed by atoms with Crippen molar-refractivity contribution >= 4 is 34.8 Å². The Bertz CT molecular complexity index is 1200. The maximum atomic E-state index is 13.4. The molecule has 4 rings (SSSR count). The van der Waals surface area contributed by atoms with Crippen molar-refractivity contribution in [2.24, 2.45) is 0 Å². The number of rotatable bonds is 6. The number of aryl methyl sites for hydroxylation is 1. The summed E-state index contributed by atoms with van der Waals surface area (Å²) in [6.07, 6.45) is 0.636. The van der Waals surface area contributed by atoms with Gasteiger partial charge in [0, 0.05) is 35.5 Å². The van der Waals surface area contributed by atoms with Gasteiger partial charge in [0.2, 0.25) is 0 Å². The third kappa shape index (κ3) is 4.91. The van der Waals surface area contributed by atoms with Crippen LogP contribution in [0.4, 0.5) is 0 Å². The molecule has 1 aromatic heterocycles. The van der Waals surface area contributed by atoms with Gasteiger partial charge in [0.25, 0.3) is 11.8 Å². The molecule has 0 saturated carbocycles. The van der Waals surface area contributed by atoms with Gasteiger partial charge in [0.1, 0.15) is 0 Å². The Labute approximate surface area is 208 Å². The normalized spacial score (nSPS) is 17.8. The molecule has 0 bridgehead atoms. The molecule has 178 valence electrons. The number of carbonyl (C=O) groups is 2. The molecule has 2 heterocycles. The molecule has 0 aliphatic carbocycles. The highest BCUT2D eigenvalue weighted by Gasteiger charge is 2.35. The van der Waals surface area contributed by atoms with Gasteiger partial charge in [0.05, 0.1) is 24.8 Å². The van der Waals surface area contributed by atoms with Crippen LogP contribution in [0.1, 0.15) is 43.5 Å². The van der Waals surface area contributed by atoms with E-state index in [4.69, 9.17) is 21.1 Å². The number of nitrogens with zero attached hydrogens (tertiary/aromatic N) is 1. The summed E-state index contributed by atoms with van der Waals surface area (Å²) in [4.78, 5) is 29.4. The first-order chi connectivity index (χ1) is 16.4. The summed E-state index contributed by atoms with van der Waals surface area (Å²) in [5.41, 5.74) is 2.15. The molecule has 2 aromatic carbocycles. The van der Waals surface area contributed by atoms with E-state index in [1.807, 2.05) is 10.3 Å². The summed E-state index contributed by atoms with van der Waals surface area (Å²) in [6.45, 7) is 3.09. The number of thiophene rings is 1. The lowest BCUT2D eigenvalue weighted by Crippen LogP contribution is -2.51. The minimum Gasteiger partial charge on any atom is -0.493 e. The summed E-state index contributed by atoms with van der Waals surface area (Å²) in [6, 6.07) is 14.2. The van der Waals surface area contributed by atoms with Crippen LogP contribution in [0, 0.1) is 6.92 Å². The van der Waals surface area contributed by atoms with Crippen LogP contribution in [-0.2, 0) is 0 Å². The number of halogens is 1. The van der Waals surface area contributed by atoms with Gasteiger partial charge in [-0.05, 0) is 60.7 Å². The largest absolute Gasteiger partial charge is 0.493 e. The van der Waals surface area contributed by atoms with Gasteiger partial charge in [-0.3, -0.25) is 9.59 Å². The standard InChI is InChI=1S/C26H27ClN2O4S/c1-16-11-13-34-24(16)19-15-29(26(31)17-8-9-22(32-2)23(14-17)33-3)12-10-21(19)28-25(30)18-6-4-5-7-20(18)27/h4-9,11,13-14,19,21H,10,12,15H2,1-3H3,(H,28,30)/t19-,21-/m1/s1. The Balaban J connectivity index is 1.57. The summed E-state index contributed by atoms with van der Waals surface area (Å²) >= 11 is 7.90. The van der Waals surface area contributed by atoms with Crippen LogP contribution in [-0.4, -0.2) is 50.1 Å². The van der Waals surface area contributed by atoms with E-state index in [9.17, 15) is 9.59 Å². The molecular formula is C26H27ClN2O4S. The van der Waals surface area contributed by atoms with E-state index in [-0.39, 0.29) is 23.8 Å². The van der Waals surface area contributed by atoms with E-state index < -0.39 is 0 Å². The van der Waals surface area contributed by atoms with Crippen molar-refractivity contribution in [2.75, 3.05) is 27.3 Å². The highest BCUT2D eigenvalue weighted by Crippen LogP contribution is 2.35. The third-order valence-electron chi connectivity index (χ3n) is 6.20. The number of methoxy groups -OCH3 is 2. The van der Waals surface area contributed by atoms with Gasteiger partial charge >= 0.3 is 0 Å². The van der Waals surface area contributed by atoms with Crippen molar-refractivity contribution < 1.29 is 19.1 Å². The van der Waals surface area contributed by atoms with Crippen molar-refractivity contribution in [3.05, 3.63) is 80.5 Å². The average molecular weight is 499 g/mol. The molecule has 3 aromatic rings. The smallest absolute Gasteiger partial charge is 0.254 e. The molecular weight excluding hydrogens is 472 g/mol. The predicted octanol–water partition coefficient (Wildman–Crippen LogP) is 5.16. The Morgan fingerprint density at radius 2 is 1.85 bits per heavy atom. The fourth-order valence-electron chi connectivity index (χ4n) is 4.38. The molecule has 1 aliphatic heterocycles. The van der Waals surface area contributed by atoms with Gasteiger partial charge in [0.15, 0.2) is 11.5 Å². The maximum Gasteiger partial charge on any atom is 0.254 e. The van der Waals surface area contributed by atoms with Crippen molar-refractivity contribution in [1.29, 1.82) is 0 Å². The van der Waals surface area contributed by atoms with Crippen LogP contribution in [0.3, 0.4) is 0 Å². The molecule has 0 unspecified atom stereocenters. The van der Waals surface area contributed by atoms with Crippen molar-refractivity contribution in [3.8, 4) is 11.5 Å². The highest BCUT2D eigenvalue weighted by molar-refractivity contribution is 7.10. The quantitative estimate of drug-likeness (QED) is 0.510. The zero-order chi connectivity index (χ0) is 24.2. The van der Waals surface area contributed by atoms with Crippen LogP contribution in [0.25, 0.3) is 0 Å². The van der Waals surface area contributed by atoms with Gasteiger partial charge in [-0.1, -0.05) is 23.7 Å². The summed E-state index contributed by atoms with van der Waals surface area (Å²) in [7, 11) is 3.11. The van der Waals surface area contributed by atoms with Gasteiger partial charge < -0.3 is 19.7 Å². The Kier molecular flexibility index (Phi) is 7.44. The fourth-order valence-corrected chi connectivity index (χ4v) is 5.69. The lowest BCUT2D eigenvalue weighted by molar-refractivity contribution is 0.0672. The molecule has 1 N–H and O–H groups in total. The number of hydrogen-bond acceptors (Lipinski definition) is 5. The number of amides is 2. The minimum absolute atomic E-state index is 0.0238. The van der Waals surface area contributed by atoms with Crippen LogP contribution < -0.4 is 14.8 Å². The third-order valence-corrected chi connectivity index (χ3v) is 7.68. The van der Waals surface area contributed by atoms with E-state index in [0.717, 1.165) is 5.56 Å². The highest BCUT2D eigenvalue weighted by atomic mass is 35.5. The topological polar surface area (TPSA) is 67.9 Å². The fraction of sp³-hybridized carbons (Fsp3) is 0.308. The lowest BCUT2D eigenvalue weighted by Gasteiger charge is -2.39. The van der Waals surface area contributed by atoms with E-state index in [0.29, 0.717) is 47.2 Å². The minimum atomic E-state index is -0.200. The van der Waals surface area contributed by atoms with E-state index in [1.165, 1.54) is 4.88 Å². The molecule has 8 heteroatoms. The van der Waals surface area contributed by atoms with Gasteiger partial charge in [-0.15, -0.1) is 11.3 Å². The SMILES string of the molecule is COc1ccc(C(=O)N2CC[C@@H](NC(=O)c3ccccc3Cl)[C@H](c3sccc3C)C2)cc1OC. The number of likely N-dealkylation sites (tertiary alicyclic amines) is 1. The monoisotopic (exact) mass is 498 g/mol. The van der Waals surface area contributed by atoms with E-state index in [1.54, 1.807) is 68.0 Å². The molecule has 0 spiro atoms. The van der Waals surface area contributed by atoms with Crippen molar-refractivity contribution in [3.63, 3.8) is 0 Å². The molecule has 2 atom stereocenters. The second kappa shape index (κ2) is 10.5. The second-order valence-corrected chi connectivity index (χ2v) is 9.60. The molecule has 34 heavy (non-hydrogen) atoms. The number of ether oxygens (including phenoxy) is 2. The number of piperidine rings is 1. The second-order valence-electron chi connectivity index (χ2n) is 8.24. The summed E-state index contributed by atoms with van der Waals surface area (Å²) in [5.74, 6) is 0.794. The Hall–Kier alpha value is -3.03.